The molecule has 0 spiro atoms. The summed E-state index contributed by atoms with van der Waals surface area (Å²) in [6.45, 7) is 0.159. The monoisotopic (exact) mass is 259 g/mol. The Hall–Kier alpha value is -1.38. The lowest BCUT2D eigenvalue weighted by Crippen LogP contribution is -2.11. The van der Waals surface area contributed by atoms with Gasteiger partial charge in [0.2, 0.25) is 5.09 Å². The molecular formula is C8H9N3O3S2. The topological polar surface area (TPSA) is 98.2 Å². The van der Waals surface area contributed by atoms with Crippen LogP contribution in [0.2, 0.25) is 0 Å². The van der Waals surface area contributed by atoms with E-state index in [0.717, 1.165) is 0 Å². The van der Waals surface area contributed by atoms with Crippen molar-refractivity contribution in [3.63, 3.8) is 0 Å². The van der Waals surface area contributed by atoms with Gasteiger partial charge < -0.3 is 10.2 Å². The first-order chi connectivity index (χ1) is 7.62. The molecule has 0 saturated carbocycles. The van der Waals surface area contributed by atoms with Gasteiger partial charge in [-0.05, 0) is 12.1 Å². The zero-order valence-corrected chi connectivity index (χ0v) is 9.72. The number of thiazole rings is 1. The van der Waals surface area contributed by atoms with Gasteiger partial charge >= 0.3 is 0 Å². The minimum atomic E-state index is -3.70. The molecule has 0 saturated heterocycles. The van der Waals surface area contributed by atoms with Crippen LogP contribution in [0.5, 0.6) is 0 Å². The Labute approximate surface area is 96.2 Å². The fourth-order valence-electron chi connectivity index (χ4n) is 1.05. The van der Waals surface area contributed by atoms with Gasteiger partial charge in [0.1, 0.15) is 5.76 Å². The van der Waals surface area contributed by atoms with E-state index < -0.39 is 10.0 Å². The van der Waals surface area contributed by atoms with Gasteiger partial charge in [-0.25, -0.2) is 4.98 Å². The number of sulfonamides is 1. The van der Waals surface area contributed by atoms with E-state index in [1.54, 1.807) is 5.38 Å². The number of aromatic nitrogens is 1. The van der Waals surface area contributed by atoms with Crippen molar-refractivity contribution >= 4 is 26.5 Å². The summed E-state index contributed by atoms with van der Waals surface area (Å²) in [6, 6.07) is 2.88. The van der Waals surface area contributed by atoms with Crippen molar-refractivity contribution in [2.24, 2.45) is 5.73 Å². The summed E-state index contributed by atoms with van der Waals surface area (Å²) in [4.78, 5) is 3.82. The summed E-state index contributed by atoms with van der Waals surface area (Å²) in [5.74, 6) is 0.416. The van der Waals surface area contributed by atoms with Gasteiger partial charge in [-0.15, -0.1) is 11.3 Å². The lowest BCUT2D eigenvalue weighted by atomic mass is 10.5. The Morgan fingerprint density at radius 2 is 2.31 bits per heavy atom. The molecule has 2 aromatic heterocycles. The molecule has 0 fully saturated rings. The Morgan fingerprint density at radius 3 is 2.88 bits per heavy atom. The molecule has 0 aliphatic carbocycles. The molecule has 0 atom stereocenters. The van der Waals surface area contributed by atoms with Gasteiger partial charge in [0.25, 0.3) is 10.0 Å². The zero-order chi connectivity index (χ0) is 11.6. The first-order valence-corrected chi connectivity index (χ1v) is 6.69. The standard InChI is InChI=1S/C8H9N3O3S2/c9-5-6-1-2-7(14-6)16(12,13)11-8-10-3-4-15-8/h1-4H,5,9H2,(H,10,11). The average molecular weight is 259 g/mol. The summed E-state index contributed by atoms with van der Waals surface area (Å²) in [5, 5.41) is 1.81. The van der Waals surface area contributed by atoms with Crippen LogP contribution < -0.4 is 10.5 Å². The van der Waals surface area contributed by atoms with Crippen molar-refractivity contribution in [1.29, 1.82) is 0 Å². The molecule has 86 valence electrons. The normalized spacial score (nSPS) is 11.6. The van der Waals surface area contributed by atoms with Crippen LogP contribution in [0, 0.1) is 0 Å². The molecule has 0 bridgehead atoms. The van der Waals surface area contributed by atoms with Crippen molar-refractivity contribution < 1.29 is 12.8 Å². The molecule has 0 unspecified atom stereocenters. The van der Waals surface area contributed by atoms with E-state index in [-0.39, 0.29) is 11.6 Å². The van der Waals surface area contributed by atoms with Crippen LogP contribution in [0.4, 0.5) is 5.13 Å². The molecule has 6 nitrogen and oxygen atoms in total. The van der Waals surface area contributed by atoms with Crippen LogP contribution >= 0.6 is 11.3 Å². The van der Waals surface area contributed by atoms with Gasteiger partial charge in [-0.2, -0.15) is 8.42 Å². The second-order valence-corrected chi connectivity index (χ2v) is 5.38. The Bertz CT molecular complexity index is 559. The SMILES string of the molecule is NCc1ccc(S(=O)(=O)Nc2nccs2)o1. The van der Waals surface area contributed by atoms with Crippen molar-refractivity contribution in [2.45, 2.75) is 11.6 Å². The number of furan rings is 1. The molecule has 16 heavy (non-hydrogen) atoms. The molecular weight excluding hydrogens is 250 g/mol. The van der Waals surface area contributed by atoms with Crippen molar-refractivity contribution in [2.75, 3.05) is 4.72 Å². The lowest BCUT2D eigenvalue weighted by molar-refractivity contribution is 0.417. The molecule has 2 rings (SSSR count). The third-order valence-electron chi connectivity index (χ3n) is 1.76. The van der Waals surface area contributed by atoms with Crippen LogP contribution in [0.25, 0.3) is 0 Å². The van der Waals surface area contributed by atoms with Crippen molar-refractivity contribution in [3.8, 4) is 0 Å². The predicted molar refractivity (Wildman–Crippen MR) is 59.5 cm³/mol. The summed E-state index contributed by atoms with van der Waals surface area (Å²) < 4.78 is 30.8. The average Bonchev–Trinajstić information content (AvgIpc) is 2.85. The maximum absolute atomic E-state index is 11.7. The summed E-state index contributed by atoms with van der Waals surface area (Å²) in [6.07, 6.45) is 1.51. The molecule has 8 heteroatoms. The van der Waals surface area contributed by atoms with E-state index in [1.807, 2.05) is 0 Å². The number of anilines is 1. The highest BCUT2D eigenvalue weighted by Gasteiger charge is 2.19. The summed E-state index contributed by atoms with van der Waals surface area (Å²) >= 11 is 1.19. The fourth-order valence-corrected chi connectivity index (χ4v) is 2.79. The minimum absolute atomic E-state index is 0.159. The third kappa shape index (κ3) is 2.23. The fraction of sp³-hybridized carbons (Fsp3) is 0.125. The van der Waals surface area contributed by atoms with E-state index in [9.17, 15) is 8.42 Å². The molecule has 0 aromatic carbocycles. The molecule has 0 aliphatic heterocycles. The molecule has 3 N–H and O–H groups in total. The van der Waals surface area contributed by atoms with E-state index in [2.05, 4.69) is 9.71 Å². The third-order valence-corrected chi connectivity index (χ3v) is 3.79. The van der Waals surface area contributed by atoms with Gasteiger partial charge in [-0.3, -0.25) is 4.72 Å². The molecule has 2 heterocycles. The highest BCUT2D eigenvalue weighted by molar-refractivity contribution is 7.92. The van der Waals surface area contributed by atoms with Crippen LogP contribution in [0.15, 0.2) is 33.2 Å². The maximum Gasteiger partial charge on any atom is 0.297 e. The summed E-state index contributed by atoms with van der Waals surface area (Å²) in [5.41, 5.74) is 5.32. The van der Waals surface area contributed by atoms with Crippen LogP contribution in [0.1, 0.15) is 5.76 Å². The Balaban J connectivity index is 2.25. The second-order valence-electron chi connectivity index (χ2n) is 2.87. The number of hydrogen-bond acceptors (Lipinski definition) is 6. The minimum Gasteiger partial charge on any atom is -0.446 e. The quantitative estimate of drug-likeness (QED) is 0.853. The van der Waals surface area contributed by atoms with E-state index in [4.69, 9.17) is 10.2 Å². The summed E-state index contributed by atoms with van der Waals surface area (Å²) in [7, 11) is -3.70. The van der Waals surface area contributed by atoms with Crippen LogP contribution in [-0.4, -0.2) is 13.4 Å². The van der Waals surface area contributed by atoms with Crippen molar-refractivity contribution in [1.82, 2.24) is 4.98 Å². The largest absolute Gasteiger partial charge is 0.446 e. The molecule has 0 aliphatic rings. The maximum atomic E-state index is 11.7. The number of rotatable bonds is 4. The first kappa shape index (κ1) is 11.1. The number of nitrogens with one attached hydrogen (secondary N) is 1. The molecule has 2 aromatic rings. The highest BCUT2D eigenvalue weighted by Crippen LogP contribution is 2.19. The van der Waals surface area contributed by atoms with Crippen molar-refractivity contribution in [3.05, 3.63) is 29.5 Å². The number of hydrogen-bond donors (Lipinski definition) is 2. The van der Waals surface area contributed by atoms with Gasteiger partial charge in [-0.1, -0.05) is 0 Å². The van der Waals surface area contributed by atoms with E-state index in [0.29, 0.717) is 10.9 Å². The lowest BCUT2D eigenvalue weighted by Gasteiger charge is -2.00. The smallest absolute Gasteiger partial charge is 0.297 e. The zero-order valence-electron chi connectivity index (χ0n) is 8.08. The van der Waals surface area contributed by atoms with Gasteiger partial charge in [0.15, 0.2) is 5.13 Å². The van der Waals surface area contributed by atoms with Gasteiger partial charge in [0.05, 0.1) is 6.54 Å². The molecule has 0 radical (unpaired) electrons. The van der Waals surface area contributed by atoms with E-state index in [1.165, 1.54) is 29.7 Å². The number of nitrogens with zero attached hydrogens (tertiary/aromatic N) is 1. The van der Waals surface area contributed by atoms with Crippen LogP contribution in [-0.2, 0) is 16.6 Å². The Morgan fingerprint density at radius 1 is 1.50 bits per heavy atom. The highest BCUT2D eigenvalue weighted by atomic mass is 32.2. The Kier molecular flexibility index (Phi) is 2.95. The number of nitrogens with two attached hydrogens (primary N) is 1. The predicted octanol–water partition coefficient (Wildman–Crippen LogP) is 0.996. The second kappa shape index (κ2) is 4.24. The van der Waals surface area contributed by atoms with Crippen LogP contribution in [0.3, 0.4) is 0 Å². The van der Waals surface area contributed by atoms with E-state index >= 15 is 0 Å². The molecule has 0 amide bonds. The first-order valence-electron chi connectivity index (χ1n) is 4.33. The van der Waals surface area contributed by atoms with Gasteiger partial charge in [0, 0.05) is 11.6 Å².